The van der Waals surface area contributed by atoms with Gasteiger partial charge in [-0.3, -0.25) is 0 Å². The summed E-state index contributed by atoms with van der Waals surface area (Å²) in [4.78, 5) is 0. The summed E-state index contributed by atoms with van der Waals surface area (Å²) in [6.07, 6.45) is 26.0. The highest BCUT2D eigenvalue weighted by atomic mass is 16.6. The van der Waals surface area contributed by atoms with Crippen LogP contribution in [0.25, 0.3) is 0 Å². The van der Waals surface area contributed by atoms with Crippen LogP contribution in [-0.4, -0.2) is 12.2 Å². The second kappa shape index (κ2) is 13.1. The van der Waals surface area contributed by atoms with Crippen LogP contribution in [0.3, 0.4) is 0 Å². The summed E-state index contributed by atoms with van der Waals surface area (Å²) in [5.41, 5.74) is 0. The second-order valence-electron chi connectivity index (χ2n) is 6.30. The van der Waals surface area contributed by atoms with Gasteiger partial charge in [0, 0.05) is 0 Å². The summed E-state index contributed by atoms with van der Waals surface area (Å²) < 4.78 is 5.74. The van der Waals surface area contributed by atoms with Gasteiger partial charge in [-0.2, -0.15) is 0 Å². The molecule has 1 heteroatoms. The van der Waals surface area contributed by atoms with E-state index in [-0.39, 0.29) is 0 Å². The van der Waals surface area contributed by atoms with Crippen LogP contribution in [0.15, 0.2) is 24.3 Å². The fourth-order valence-electron chi connectivity index (χ4n) is 2.79. The van der Waals surface area contributed by atoms with Gasteiger partial charge in [-0.15, -0.1) is 0 Å². The minimum absolute atomic E-state index is 0.529. The first-order valence-electron chi connectivity index (χ1n) is 9.34. The number of hydrogen-bond acceptors (Lipinski definition) is 1. The molecule has 0 saturated carbocycles. The van der Waals surface area contributed by atoms with E-state index in [4.69, 9.17) is 4.74 Å². The van der Waals surface area contributed by atoms with Gasteiger partial charge >= 0.3 is 0 Å². The van der Waals surface area contributed by atoms with E-state index in [9.17, 15) is 0 Å². The average Bonchev–Trinajstić information content (AvgIpc) is 3.24. The van der Waals surface area contributed by atoms with E-state index < -0.39 is 0 Å². The minimum atomic E-state index is 0.529. The van der Waals surface area contributed by atoms with Gasteiger partial charge in [0.25, 0.3) is 0 Å². The first-order valence-corrected chi connectivity index (χ1v) is 9.34. The van der Waals surface area contributed by atoms with Gasteiger partial charge < -0.3 is 4.74 Å². The molecule has 0 aliphatic carbocycles. The third-order valence-corrected chi connectivity index (χ3v) is 4.24. The fraction of sp³-hybridized carbons (Fsp3) is 0.800. The summed E-state index contributed by atoms with van der Waals surface area (Å²) in [5.74, 6) is 0. The molecule has 122 valence electrons. The number of unbranched alkanes of at least 4 members (excludes halogenated alkanes) is 7. The Labute approximate surface area is 132 Å². The number of epoxide rings is 1. The van der Waals surface area contributed by atoms with Crippen LogP contribution in [0.1, 0.15) is 90.9 Å². The van der Waals surface area contributed by atoms with E-state index in [1.807, 2.05) is 0 Å². The molecule has 0 N–H and O–H groups in total. The molecule has 0 aromatic carbocycles. The van der Waals surface area contributed by atoms with Crippen molar-refractivity contribution in [2.45, 2.75) is 103 Å². The standard InChI is InChI=1S/C20H36O/c1-3-5-7-9-11-12-14-16-18-20-19(21-20)17-15-13-10-8-6-4-2/h6,8,13,15,19-20H,3-5,7,9-12,14,16-18H2,1-2H3/b8-6-,15-13-/t19-,20-/m1/s1. The number of rotatable bonds is 14. The molecule has 0 bridgehead atoms. The molecule has 0 unspecified atom stereocenters. The van der Waals surface area contributed by atoms with Crippen LogP contribution in [0.2, 0.25) is 0 Å². The van der Waals surface area contributed by atoms with Gasteiger partial charge in [0.05, 0.1) is 12.2 Å². The summed E-state index contributed by atoms with van der Waals surface area (Å²) in [5, 5.41) is 0. The molecule has 1 rings (SSSR count). The van der Waals surface area contributed by atoms with Gasteiger partial charge in [-0.25, -0.2) is 0 Å². The Balaban J connectivity index is 1.83. The molecule has 1 heterocycles. The van der Waals surface area contributed by atoms with Crippen LogP contribution in [-0.2, 0) is 4.74 Å². The molecule has 21 heavy (non-hydrogen) atoms. The van der Waals surface area contributed by atoms with Gasteiger partial charge in [-0.1, -0.05) is 89.5 Å². The molecular weight excluding hydrogens is 256 g/mol. The molecule has 0 aromatic heterocycles. The first-order chi connectivity index (χ1) is 10.4. The number of hydrogen-bond donors (Lipinski definition) is 0. The highest BCUT2D eigenvalue weighted by molar-refractivity contribution is 4.97. The highest BCUT2D eigenvalue weighted by Crippen LogP contribution is 2.30. The van der Waals surface area contributed by atoms with Crippen molar-refractivity contribution in [3.05, 3.63) is 24.3 Å². The summed E-state index contributed by atoms with van der Waals surface area (Å²) in [6, 6.07) is 0. The van der Waals surface area contributed by atoms with E-state index in [2.05, 4.69) is 38.2 Å². The third kappa shape index (κ3) is 10.8. The van der Waals surface area contributed by atoms with Crippen molar-refractivity contribution in [3.8, 4) is 0 Å². The van der Waals surface area contributed by atoms with E-state index in [1.54, 1.807) is 0 Å². The predicted molar refractivity (Wildman–Crippen MR) is 93.7 cm³/mol. The van der Waals surface area contributed by atoms with E-state index in [0.29, 0.717) is 12.2 Å². The molecule has 1 aliphatic rings. The lowest BCUT2D eigenvalue weighted by Crippen LogP contribution is -1.93. The molecular formula is C20H36O. The molecule has 1 aliphatic heterocycles. The Kier molecular flexibility index (Phi) is 11.6. The smallest absolute Gasteiger partial charge is 0.0876 e. The normalized spacial score (nSPS) is 21.6. The van der Waals surface area contributed by atoms with Crippen molar-refractivity contribution in [1.82, 2.24) is 0 Å². The van der Waals surface area contributed by atoms with Crippen molar-refractivity contribution in [2.75, 3.05) is 0 Å². The lowest BCUT2D eigenvalue weighted by atomic mass is 10.1. The average molecular weight is 293 g/mol. The van der Waals surface area contributed by atoms with Crippen LogP contribution in [0, 0.1) is 0 Å². The maximum Gasteiger partial charge on any atom is 0.0876 e. The summed E-state index contributed by atoms with van der Waals surface area (Å²) in [6.45, 7) is 4.46. The first kappa shape index (κ1) is 18.5. The van der Waals surface area contributed by atoms with Crippen molar-refractivity contribution < 1.29 is 4.74 Å². The quantitative estimate of drug-likeness (QED) is 0.200. The number of ether oxygens (including phenoxy) is 1. The lowest BCUT2D eigenvalue weighted by Gasteiger charge is -2.00. The van der Waals surface area contributed by atoms with E-state index in [1.165, 1.54) is 57.8 Å². The zero-order chi connectivity index (χ0) is 15.2. The molecule has 0 amide bonds. The molecule has 1 nitrogen and oxygen atoms in total. The Morgan fingerprint density at radius 3 is 2.10 bits per heavy atom. The van der Waals surface area contributed by atoms with Crippen molar-refractivity contribution in [1.29, 1.82) is 0 Å². The van der Waals surface area contributed by atoms with Gasteiger partial charge in [0.15, 0.2) is 0 Å². The van der Waals surface area contributed by atoms with Crippen molar-refractivity contribution in [3.63, 3.8) is 0 Å². The van der Waals surface area contributed by atoms with Gasteiger partial charge in [0.2, 0.25) is 0 Å². The molecule has 1 fully saturated rings. The van der Waals surface area contributed by atoms with Crippen molar-refractivity contribution in [2.24, 2.45) is 0 Å². The highest BCUT2D eigenvalue weighted by Gasteiger charge is 2.36. The van der Waals surface area contributed by atoms with Gasteiger partial charge in [-0.05, 0) is 25.7 Å². The summed E-state index contributed by atoms with van der Waals surface area (Å²) in [7, 11) is 0. The van der Waals surface area contributed by atoms with Crippen LogP contribution in [0.4, 0.5) is 0 Å². The molecule has 0 spiro atoms. The largest absolute Gasteiger partial charge is 0.369 e. The molecule has 1 saturated heterocycles. The Hall–Kier alpha value is -0.560. The minimum Gasteiger partial charge on any atom is -0.369 e. The number of allylic oxidation sites excluding steroid dienone is 3. The summed E-state index contributed by atoms with van der Waals surface area (Å²) >= 11 is 0. The topological polar surface area (TPSA) is 12.5 Å². The molecule has 0 radical (unpaired) electrons. The van der Waals surface area contributed by atoms with Crippen molar-refractivity contribution >= 4 is 0 Å². The Morgan fingerprint density at radius 1 is 0.714 bits per heavy atom. The maximum absolute atomic E-state index is 5.74. The SMILES string of the molecule is CC/C=C\C/C=C\C[C@H]1O[C@@H]1CCCCCCCCCC. The Bertz CT molecular complexity index is 280. The van der Waals surface area contributed by atoms with Crippen LogP contribution < -0.4 is 0 Å². The fourth-order valence-corrected chi connectivity index (χ4v) is 2.79. The predicted octanol–water partition coefficient (Wildman–Crippen LogP) is 6.59. The van der Waals surface area contributed by atoms with Crippen LogP contribution >= 0.6 is 0 Å². The zero-order valence-electron chi connectivity index (χ0n) is 14.4. The second-order valence-corrected chi connectivity index (χ2v) is 6.30. The Morgan fingerprint density at radius 2 is 1.38 bits per heavy atom. The van der Waals surface area contributed by atoms with Gasteiger partial charge in [0.1, 0.15) is 0 Å². The lowest BCUT2D eigenvalue weighted by molar-refractivity contribution is 0.358. The van der Waals surface area contributed by atoms with E-state index >= 15 is 0 Å². The molecule has 0 aromatic rings. The maximum atomic E-state index is 5.74. The van der Waals surface area contributed by atoms with E-state index in [0.717, 1.165) is 19.3 Å². The molecule has 2 atom stereocenters. The van der Waals surface area contributed by atoms with Crippen LogP contribution in [0.5, 0.6) is 0 Å². The third-order valence-electron chi connectivity index (χ3n) is 4.24. The monoisotopic (exact) mass is 292 g/mol. The zero-order valence-corrected chi connectivity index (χ0v) is 14.4.